The number of nitrogens with zero attached hydrogens (tertiary/aromatic N) is 1. The number of ether oxygens (including phenoxy) is 1. The van der Waals surface area contributed by atoms with Gasteiger partial charge in [-0.05, 0) is 43.7 Å². The lowest BCUT2D eigenvalue weighted by Crippen LogP contribution is -2.29. The lowest BCUT2D eigenvalue weighted by atomic mass is 9.85. The Morgan fingerprint density at radius 3 is 2.88 bits per heavy atom. The van der Waals surface area contributed by atoms with Crippen LogP contribution in [0.25, 0.3) is 0 Å². The van der Waals surface area contributed by atoms with Crippen molar-refractivity contribution in [3.63, 3.8) is 0 Å². The van der Waals surface area contributed by atoms with Gasteiger partial charge in [-0.15, -0.1) is 0 Å². The Morgan fingerprint density at radius 1 is 1.38 bits per heavy atom. The van der Waals surface area contributed by atoms with Crippen molar-refractivity contribution >= 4 is 0 Å². The van der Waals surface area contributed by atoms with Gasteiger partial charge in [0, 0.05) is 0 Å². The van der Waals surface area contributed by atoms with Crippen LogP contribution in [0.2, 0.25) is 0 Å². The molecule has 1 aliphatic carbocycles. The maximum absolute atomic E-state index is 12.6. The van der Waals surface area contributed by atoms with Crippen LogP contribution in [0.15, 0.2) is 18.3 Å². The van der Waals surface area contributed by atoms with E-state index in [0.29, 0.717) is 11.7 Å². The van der Waals surface area contributed by atoms with Gasteiger partial charge < -0.3 is 4.74 Å². The molecule has 88 valence electrons. The van der Waals surface area contributed by atoms with Crippen LogP contribution in [0.1, 0.15) is 39.0 Å². The molecule has 1 saturated carbocycles. The molecular weight excluding hydrogens is 205 g/mol. The van der Waals surface area contributed by atoms with Crippen molar-refractivity contribution in [1.82, 2.24) is 4.98 Å². The van der Waals surface area contributed by atoms with E-state index in [0.717, 1.165) is 12.8 Å². The summed E-state index contributed by atoms with van der Waals surface area (Å²) in [4.78, 5) is 3.60. The Labute approximate surface area is 95.8 Å². The van der Waals surface area contributed by atoms with Crippen LogP contribution in [0.3, 0.4) is 0 Å². The van der Waals surface area contributed by atoms with Crippen molar-refractivity contribution in [3.8, 4) is 5.75 Å². The summed E-state index contributed by atoms with van der Waals surface area (Å²) in [7, 11) is 0. The molecule has 2 atom stereocenters. The molecular formula is C13H18FNO. The largest absolute Gasteiger partial charge is 0.489 e. The molecule has 0 amide bonds. The van der Waals surface area contributed by atoms with E-state index in [4.69, 9.17) is 4.74 Å². The number of hydrogen-bond donors (Lipinski definition) is 0. The van der Waals surface area contributed by atoms with Crippen molar-refractivity contribution in [2.75, 3.05) is 0 Å². The Morgan fingerprint density at radius 2 is 2.19 bits per heavy atom. The van der Waals surface area contributed by atoms with Gasteiger partial charge in [-0.2, -0.15) is 4.39 Å². The van der Waals surface area contributed by atoms with Crippen LogP contribution in [0.5, 0.6) is 5.75 Å². The van der Waals surface area contributed by atoms with Gasteiger partial charge in [0.25, 0.3) is 0 Å². The Bertz CT molecular complexity index is 325. The van der Waals surface area contributed by atoms with Gasteiger partial charge in [-0.25, -0.2) is 4.98 Å². The summed E-state index contributed by atoms with van der Waals surface area (Å²) in [6.07, 6.45) is 7.79. The van der Waals surface area contributed by atoms with Crippen molar-refractivity contribution in [2.24, 2.45) is 5.92 Å². The van der Waals surface area contributed by atoms with Crippen molar-refractivity contribution < 1.29 is 9.13 Å². The fourth-order valence-corrected chi connectivity index (χ4v) is 2.40. The third-order valence-electron chi connectivity index (χ3n) is 3.35. The van der Waals surface area contributed by atoms with Crippen LogP contribution in [-0.2, 0) is 0 Å². The standard InChI is InChI=1S/C13H18FNO/c1-2-10-5-3-4-6-12(10)16-11-7-8-13(14)15-9-11/h7-10,12H,2-6H2,1H3. The van der Waals surface area contributed by atoms with Gasteiger partial charge >= 0.3 is 0 Å². The number of aromatic nitrogens is 1. The Hall–Kier alpha value is -1.12. The first-order chi connectivity index (χ1) is 7.79. The van der Waals surface area contributed by atoms with Gasteiger partial charge in [-0.3, -0.25) is 0 Å². The number of pyridine rings is 1. The highest BCUT2D eigenvalue weighted by atomic mass is 19.1. The molecule has 0 aliphatic heterocycles. The fraction of sp³-hybridized carbons (Fsp3) is 0.615. The molecule has 1 aromatic rings. The minimum absolute atomic E-state index is 0.283. The predicted octanol–water partition coefficient (Wildman–Crippen LogP) is 3.57. The highest BCUT2D eigenvalue weighted by Crippen LogP contribution is 2.30. The lowest BCUT2D eigenvalue weighted by Gasteiger charge is -2.31. The highest BCUT2D eigenvalue weighted by Gasteiger charge is 2.25. The average Bonchev–Trinajstić information content (AvgIpc) is 2.33. The molecule has 0 saturated heterocycles. The van der Waals surface area contributed by atoms with E-state index in [1.807, 2.05) is 0 Å². The summed E-state index contributed by atoms with van der Waals surface area (Å²) in [6, 6.07) is 3.00. The maximum atomic E-state index is 12.6. The van der Waals surface area contributed by atoms with Gasteiger partial charge in [-0.1, -0.05) is 13.3 Å². The summed E-state index contributed by atoms with van der Waals surface area (Å²) in [5.41, 5.74) is 0. The zero-order chi connectivity index (χ0) is 11.4. The van der Waals surface area contributed by atoms with E-state index in [1.54, 1.807) is 6.07 Å². The fourth-order valence-electron chi connectivity index (χ4n) is 2.40. The third kappa shape index (κ3) is 2.71. The first-order valence-electron chi connectivity index (χ1n) is 6.08. The first kappa shape index (κ1) is 11.4. The number of rotatable bonds is 3. The van der Waals surface area contributed by atoms with Gasteiger partial charge in [0.15, 0.2) is 0 Å². The second-order valence-electron chi connectivity index (χ2n) is 4.43. The first-order valence-corrected chi connectivity index (χ1v) is 6.08. The zero-order valence-corrected chi connectivity index (χ0v) is 9.66. The topological polar surface area (TPSA) is 22.1 Å². The van der Waals surface area contributed by atoms with E-state index < -0.39 is 5.95 Å². The predicted molar refractivity (Wildman–Crippen MR) is 60.9 cm³/mol. The van der Waals surface area contributed by atoms with E-state index in [1.165, 1.54) is 31.5 Å². The maximum Gasteiger partial charge on any atom is 0.213 e. The summed E-state index contributed by atoms with van der Waals surface area (Å²) >= 11 is 0. The second kappa shape index (κ2) is 5.28. The molecule has 16 heavy (non-hydrogen) atoms. The molecule has 2 nitrogen and oxygen atoms in total. The summed E-state index contributed by atoms with van der Waals surface area (Å²) < 4.78 is 18.5. The molecule has 1 aliphatic rings. The molecule has 0 bridgehead atoms. The molecule has 0 radical (unpaired) electrons. The van der Waals surface area contributed by atoms with Gasteiger partial charge in [0.2, 0.25) is 5.95 Å². The second-order valence-corrected chi connectivity index (χ2v) is 4.43. The van der Waals surface area contributed by atoms with Gasteiger partial charge in [0.05, 0.1) is 6.20 Å². The van der Waals surface area contributed by atoms with E-state index in [2.05, 4.69) is 11.9 Å². The van der Waals surface area contributed by atoms with Crippen molar-refractivity contribution in [1.29, 1.82) is 0 Å². The lowest BCUT2D eigenvalue weighted by molar-refractivity contribution is 0.0898. The monoisotopic (exact) mass is 223 g/mol. The molecule has 2 unspecified atom stereocenters. The highest BCUT2D eigenvalue weighted by molar-refractivity contribution is 5.16. The van der Waals surface area contributed by atoms with Crippen LogP contribution in [-0.4, -0.2) is 11.1 Å². The molecule has 0 aromatic carbocycles. The zero-order valence-electron chi connectivity index (χ0n) is 9.66. The van der Waals surface area contributed by atoms with E-state index in [-0.39, 0.29) is 6.10 Å². The summed E-state index contributed by atoms with van der Waals surface area (Å²) in [5.74, 6) is 0.869. The van der Waals surface area contributed by atoms with E-state index in [9.17, 15) is 4.39 Å². The van der Waals surface area contributed by atoms with Crippen LogP contribution in [0, 0.1) is 11.9 Å². The third-order valence-corrected chi connectivity index (χ3v) is 3.35. The molecule has 2 rings (SSSR count). The minimum atomic E-state index is -0.456. The van der Waals surface area contributed by atoms with Crippen LogP contribution < -0.4 is 4.74 Å². The van der Waals surface area contributed by atoms with Crippen LogP contribution >= 0.6 is 0 Å². The van der Waals surface area contributed by atoms with Crippen molar-refractivity contribution in [3.05, 3.63) is 24.3 Å². The SMILES string of the molecule is CCC1CCCCC1Oc1ccc(F)nc1. The summed E-state index contributed by atoms with van der Waals surface area (Å²) in [5, 5.41) is 0. The smallest absolute Gasteiger partial charge is 0.213 e. The van der Waals surface area contributed by atoms with Crippen LogP contribution in [0.4, 0.5) is 4.39 Å². The quantitative estimate of drug-likeness (QED) is 0.731. The average molecular weight is 223 g/mol. The minimum Gasteiger partial charge on any atom is -0.489 e. The molecule has 0 N–H and O–H groups in total. The molecule has 3 heteroatoms. The number of hydrogen-bond acceptors (Lipinski definition) is 2. The number of halogens is 1. The molecule has 1 heterocycles. The van der Waals surface area contributed by atoms with Crippen molar-refractivity contribution in [2.45, 2.75) is 45.1 Å². The molecule has 1 fully saturated rings. The van der Waals surface area contributed by atoms with Gasteiger partial charge in [0.1, 0.15) is 11.9 Å². The normalized spacial score (nSPS) is 25.4. The summed E-state index contributed by atoms with van der Waals surface area (Å²) in [6.45, 7) is 2.20. The molecule has 0 spiro atoms. The van der Waals surface area contributed by atoms with E-state index >= 15 is 0 Å². The Balaban J connectivity index is 1.99. The molecule has 1 aromatic heterocycles. The Kier molecular flexibility index (Phi) is 3.75.